The summed E-state index contributed by atoms with van der Waals surface area (Å²) in [7, 11) is 0. The maximum absolute atomic E-state index is 13.5. The predicted molar refractivity (Wildman–Crippen MR) is 103 cm³/mol. The molecular formula is C20H15ClFN3O. The van der Waals surface area contributed by atoms with Crippen LogP contribution in [-0.2, 0) is 0 Å². The van der Waals surface area contributed by atoms with E-state index < -0.39 is 5.82 Å². The summed E-state index contributed by atoms with van der Waals surface area (Å²) in [6, 6.07) is 12.2. The highest BCUT2D eigenvalue weighted by Crippen LogP contribution is 2.43. The first kappa shape index (κ1) is 16.4. The second-order valence-corrected chi connectivity index (χ2v) is 6.47. The molecule has 0 amide bonds. The van der Waals surface area contributed by atoms with E-state index in [2.05, 4.69) is 4.98 Å². The maximum atomic E-state index is 13.5. The summed E-state index contributed by atoms with van der Waals surface area (Å²) in [6.07, 6.45) is 1.74. The van der Waals surface area contributed by atoms with Crippen LogP contribution in [0.5, 0.6) is 0 Å². The number of fused-ring (bicyclic) bond motifs is 1. The van der Waals surface area contributed by atoms with Crippen molar-refractivity contribution in [2.24, 2.45) is 0 Å². The van der Waals surface area contributed by atoms with Gasteiger partial charge < -0.3 is 15.9 Å². The van der Waals surface area contributed by atoms with E-state index >= 15 is 0 Å². The quantitative estimate of drug-likeness (QED) is 0.495. The van der Waals surface area contributed by atoms with Gasteiger partial charge in [0.05, 0.1) is 10.4 Å². The molecule has 0 bridgehead atoms. The Morgan fingerprint density at radius 2 is 1.73 bits per heavy atom. The average molecular weight is 368 g/mol. The minimum absolute atomic E-state index is 0.0412. The van der Waals surface area contributed by atoms with Crippen LogP contribution in [0.4, 0.5) is 16.0 Å². The lowest BCUT2D eigenvalue weighted by molar-refractivity contribution is 0.628. The molecule has 4 nitrogen and oxygen atoms in total. The lowest BCUT2D eigenvalue weighted by atomic mass is 9.96. The molecule has 0 unspecified atom stereocenters. The minimum atomic E-state index is -0.477. The van der Waals surface area contributed by atoms with E-state index in [-0.39, 0.29) is 10.9 Å². The molecule has 2 heterocycles. The standard InChI is InChI=1S/C20H15ClFN3O/c1-10-8-12(6-7-25-10)14-4-3-13(11-2-5-16(22)15(21)9-11)17-18(23)20(24)26-19(14)17/h2-9H,23-24H2,1H3. The van der Waals surface area contributed by atoms with Crippen molar-refractivity contribution in [2.45, 2.75) is 6.92 Å². The summed E-state index contributed by atoms with van der Waals surface area (Å²) in [5.41, 5.74) is 17.2. The number of aryl methyl sites for hydroxylation is 1. The smallest absolute Gasteiger partial charge is 0.214 e. The van der Waals surface area contributed by atoms with E-state index in [0.29, 0.717) is 16.7 Å². The van der Waals surface area contributed by atoms with Gasteiger partial charge >= 0.3 is 0 Å². The molecule has 2 aromatic heterocycles. The van der Waals surface area contributed by atoms with Crippen LogP contribution < -0.4 is 11.5 Å². The number of nitrogens with zero attached hydrogens (tertiary/aromatic N) is 1. The topological polar surface area (TPSA) is 78.1 Å². The van der Waals surface area contributed by atoms with Crippen molar-refractivity contribution in [3.05, 3.63) is 65.2 Å². The molecule has 6 heteroatoms. The van der Waals surface area contributed by atoms with E-state index in [1.54, 1.807) is 18.3 Å². The molecule has 0 aliphatic rings. The fourth-order valence-electron chi connectivity index (χ4n) is 3.09. The number of furan rings is 1. The van der Waals surface area contributed by atoms with Crippen molar-refractivity contribution >= 4 is 34.1 Å². The van der Waals surface area contributed by atoms with Crippen LogP contribution >= 0.6 is 11.6 Å². The van der Waals surface area contributed by atoms with Crippen LogP contribution in [0.3, 0.4) is 0 Å². The molecular weight excluding hydrogens is 353 g/mol. The van der Waals surface area contributed by atoms with Crippen molar-refractivity contribution in [2.75, 3.05) is 11.5 Å². The molecule has 2 aromatic carbocycles. The lowest BCUT2D eigenvalue weighted by Crippen LogP contribution is -1.91. The van der Waals surface area contributed by atoms with Gasteiger partial charge in [-0.3, -0.25) is 4.98 Å². The van der Waals surface area contributed by atoms with Gasteiger partial charge in [-0.1, -0.05) is 23.7 Å². The van der Waals surface area contributed by atoms with Gasteiger partial charge in [0.15, 0.2) is 0 Å². The zero-order valence-electron chi connectivity index (χ0n) is 13.9. The SMILES string of the molecule is Cc1cc(-c2ccc(-c3ccc(F)c(Cl)c3)c3c(N)c(N)oc23)ccn1. The van der Waals surface area contributed by atoms with E-state index in [4.69, 9.17) is 27.5 Å². The molecule has 0 saturated carbocycles. The van der Waals surface area contributed by atoms with E-state index in [9.17, 15) is 4.39 Å². The molecule has 0 aliphatic heterocycles. The summed E-state index contributed by atoms with van der Waals surface area (Å²) < 4.78 is 19.3. The van der Waals surface area contributed by atoms with Gasteiger partial charge in [0.1, 0.15) is 17.1 Å². The largest absolute Gasteiger partial charge is 0.438 e. The van der Waals surface area contributed by atoms with Gasteiger partial charge in [-0.05, 0) is 53.9 Å². The van der Waals surface area contributed by atoms with Crippen molar-refractivity contribution in [1.82, 2.24) is 4.98 Å². The van der Waals surface area contributed by atoms with Gasteiger partial charge in [-0.2, -0.15) is 0 Å². The lowest BCUT2D eigenvalue weighted by Gasteiger charge is -2.09. The van der Waals surface area contributed by atoms with Crippen LogP contribution in [0, 0.1) is 12.7 Å². The van der Waals surface area contributed by atoms with Crippen LogP contribution in [0.1, 0.15) is 5.69 Å². The van der Waals surface area contributed by atoms with Crippen molar-refractivity contribution < 1.29 is 8.81 Å². The van der Waals surface area contributed by atoms with E-state index in [1.807, 2.05) is 31.2 Å². The maximum Gasteiger partial charge on any atom is 0.214 e. The molecule has 130 valence electrons. The van der Waals surface area contributed by atoms with Crippen LogP contribution in [0.2, 0.25) is 5.02 Å². The third-order valence-electron chi connectivity index (χ3n) is 4.34. The summed E-state index contributed by atoms with van der Waals surface area (Å²) in [5.74, 6) is -0.331. The Morgan fingerprint density at radius 1 is 1.00 bits per heavy atom. The van der Waals surface area contributed by atoms with E-state index in [0.717, 1.165) is 27.9 Å². The molecule has 0 spiro atoms. The number of aromatic nitrogens is 1. The van der Waals surface area contributed by atoms with Gasteiger partial charge in [-0.25, -0.2) is 4.39 Å². The molecule has 0 radical (unpaired) electrons. The predicted octanol–water partition coefficient (Wildman–Crippen LogP) is 5.43. The number of anilines is 2. The van der Waals surface area contributed by atoms with Crippen molar-refractivity contribution in [3.8, 4) is 22.3 Å². The third kappa shape index (κ3) is 2.57. The zero-order valence-corrected chi connectivity index (χ0v) is 14.6. The molecule has 4 rings (SSSR count). The first-order valence-electron chi connectivity index (χ1n) is 7.94. The summed E-state index contributed by atoms with van der Waals surface area (Å²) in [6.45, 7) is 1.92. The first-order valence-corrected chi connectivity index (χ1v) is 8.32. The number of hydrogen-bond acceptors (Lipinski definition) is 4. The summed E-state index contributed by atoms with van der Waals surface area (Å²) in [5, 5.41) is 0.719. The fraction of sp³-hybridized carbons (Fsp3) is 0.0500. The number of rotatable bonds is 2. The van der Waals surface area contributed by atoms with Gasteiger partial charge in [-0.15, -0.1) is 0 Å². The number of halogens is 2. The monoisotopic (exact) mass is 367 g/mol. The number of nitrogens with two attached hydrogens (primary N) is 2. The first-order chi connectivity index (χ1) is 12.5. The molecule has 4 N–H and O–H groups in total. The van der Waals surface area contributed by atoms with Crippen LogP contribution in [0.25, 0.3) is 33.2 Å². The van der Waals surface area contributed by atoms with Gasteiger partial charge in [0.25, 0.3) is 0 Å². The average Bonchev–Trinajstić information content (AvgIpc) is 2.92. The van der Waals surface area contributed by atoms with Crippen LogP contribution in [0.15, 0.2) is 53.1 Å². The van der Waals surface area contributed by atoms with Gasteiger partial charge in [0.2, 0.25) is 5.88 Å². The second-order valence-electron chi connectivity index (χ2n) is 6.06. The normalized spacial score (nSPS) is 11.2. The molecule has 0 atom stereocenters. The molecule has 0 saturated heterocycles. The minimum Gasteiger partial charge on any atom is -0.438 e. The molecule has 4 aromatic rings. The second kappa shape index (κ2) is 6.04. The molecule has 26 heavy (non-hydrogen) atoms. The highest BCUT2D eigenvalue weighted by Gasteiger charge is 2.19. The van der Waals surface area contributed by atoms with Gasteiger partial charge in [0, 0.05) is 17.5 Å². The van der Waals surface area contributed by atoms with Crippen molar-refractivity contribution in [1.29, 1.82) is 0 Å². The Morgan fingerprint density at radius 3 is 2.46 bits per heavy atom. The number of hydrogen-bond donors (Lipinski definition) is 2. The Bertz CT molecular complexity index is 1150. The number of nitrogen functional groups attached to an aromatic ring is 2. The summed E-state index contributed by atoms with van der Waals surface area (Å²) in [4.78, 5) is 4.22. The Hall–Kier alpha value is -3.05. The van der Waals surface area contributed by atoms with Crippen LogP contribution in [-0.4, -0.2) is 4.98 Å². The van der Waals surface area contributed by atoms with E-state index in [1.165, 1.54) is 6.07 Å². The molecule has 0 fully saturated rings. The Balaban J connectivity index is 2.03. The van der Waals surface area contributed by atoms with Crippen molar-refractivity contribution in [3.63, 3.8) is 0 Å². The third-order valence-corrected chi connectivity index (χ3v) is 4.63. The highest BCUT2D eigenvalue weighted by molar-refractivity contribution is 6.31. The number of benzene rings is 2. The fourth-order valence-corrected chi connectivity index (χ4v) is 3.27. The molecule has 0 aliphatic carbocycles. The summed E-state index contributed by atoms with van der Waals surface area (Å²) >= 11 is 5.94. The number of pyridine rings is 1. The Kier molecular flexibility index (Phi) is 3.81. The zero-order chi connectivity index (χ0) is 18.4. The Labute approximate surface area is 154 Å². The highest BCUT2D eigenvalue weighted by atomic mass is 35.5.